The Morgan fingerprint density at radius 2 is 2.03 bits per heavy atom. The van der Waals surface area contributed by atoms with Crippen molar-refractivity contribution in [1.82, 2.24) is 9.88 Å². The van der Waals surface area contributed by atoms with E-state index in [1.165, 1.54) is 12.1 Å². The Kier molecular flexibility index (Phi) is 8.29. The molecule has 1 aliphatic heterocycles. The van der Waals surface area contributed by atoms with Gasteiger partial charge in [-0.1, -0.05) is 12.1 Å². The van der Waals surface area contributed by atoms with E-state index in [-0.39, 0.29) is 18.2 Å². The first-order valence-corrected chi connectivity index (χ1v) is 12.2. The van der Waals surface area contributed by atoms with Crippen molar-refractivity contribution >= 4 is 16.9 Å². The highest BCUT2D eigenvalue weighted by atomic mass is 19.1. The van der Waals surface area contributed by atoms with Gasteiger partial charge >= 0.3 is 5.97 Å². The Hall–Kier alpha value is -3.06. The molecular weight excluding hydrogens is 450 g/mol. The molecule has 2 aromatic carbocycles. The van der Waals surface area contributed by atoms with E-state index in [1.54, 1.807) is 43.6 Å². The van der Waals surface area contributed by atoms with Gasteiger partial charge in [-0.25, -0.2) is 8.78 Å². The van der Waals surface area contributed by atoms with E-state index in [2.05, 4.69) is 9.88 Å². The van der Waals surface area contributed by atoms with E-state index >= 15 is 4.39 Å². The lowest BCUT2D eigenvalue weighted by Crippen LogP contribution is -2.44. The van der Waals surface area contributed by atoms with Gasteiger partial charge in [0.05, 0.1) is 18.5 Å². The summed E-state index contributed by atoms with van der Waals surface area (Å²) in [5.74, 6) is -0.963. The molecule has 35 heavy (non-hydrogen) atoms. The molecule has 0 unspecified atom stereocenters. The van der Waals surface area contributed by atoms with Crippen LogP contribution in [0.5, 0.6) is 5.75 Å². The number of likely N-dealkylation sites (tertiary alicyclic amines) is 1. The number of aliphatic carboxylic acids is 1. The zero-order chi connectivity index (χ0) is 24.8. The van der Waals surface area contributed by atoms with Crippen LogP contribution in [0.25, 0.3) is 10.9 Å². The third-order valence-electron chi connectivity index (χ3n) is 7.12. The topological polar surface area (TPSA) is 62.7 Å². The predicted molar refractivity (Wildman–Crippen MR) is 132 cm³/mol. The van der Waals surface area contributed by atoms with Crippen molar-refractivity contribution in [3.8, 4) is 5.75 Å². The third kappa shape index (κ3) is 6.34. The number of fused-ring (bicyclic) bond motifs is 1. The standard InChI is InChI=1S/C28H32F2N2O3/c1-35-22-9-11-27-24(17-22)23(12-14-31-27)26(30)10-6-20-13-16-32(18-25(20)28(33)34)15-2-3-19-4-7-21(29)8-5-19/h4-5,7-9,11-12,14,17,20,25-26H,2-3,6,10,13,15-16,18H2,1H3,(H,33,34)/t20-,25+,26-/m1/s1. The zero-order valence-electron chi connectivity index (χ0n) is 20.0. The molecule has 1 aromatic heterocycles. The number of aromatic nitrogens is 1. The van der Waals surface area contributed by atoms with Gasteiger partial charge < -0.3 is 14.7 Å². The van der Waals surface area contributed by atoms with E-state index in [0.717, 1.165) is 43.3 Å². The minimum atomic E-state index is -1.20. The fourth-order valence-electron chi connectivity index (χ4n) is 5.12. The van der Waals surface area contributed by atoms with Crippen LogP contribution in [0.15, 0.2) is 54.7 Å². The van der Waals surface area contributed by atoms with Crippen LogP contribution < -0.4 is 4.74 Å². The van der Waals surface area contributed by atoms with Crippen molar-refractivity contribution in [1.29, 1.82) is 0 Å². The number of rotatable bonds is 10. The molecule has 1 saturated heterocycles. The Morgan fingerprint density at radius 1 is 1.23 bits per heavy atom. The van der Waals surface area contributed by atoms with Gasteiger partial charge in [-0.05, 0) is 98.6 Å². The van der Waals surface area contributed by atoms with E-state index in [4.69, 9.17) is 4.74 Å². The van der Waals surface area contributed by atoms with E-state index in [1.807, 2.05) is 6.07 Å². The molecule has 4 rings (SSSR count). The molecule has 186 valence electrons. The number of hydrogen-bond donors (Lipinski definition) is 1. The number of ether oxygens (including phenoxy) is 1. The van der Waals surface area contributed by atoms with Gasteiger partial charge in [0.25, 0.3) is 0 Å². The number of methoxy groups -OCH3 is 1. The molecule has 0 saturated carbocycles. The molecule has 3 atom stereocenters. The number of halogens is 2. The minimum Gasteiger partial charge on any atom is -0.497 e. The van der Waals surface area contributed by atoms with Crippen molar-refractivity contribution in [3.05, 3.63) is 71.7 Å². The molecule has 7 heteroatoms. The molecule has 2 heterocycles. The number of aryl methyl sites for hydroxylation is 1. The number of carboxylic acids is 1. The number of hydrogen-bond acceptors (Lipinski definition) is 4. The molecule has 0 aliphatic carbocycles. The van der Waals surface area contributed by atoms with Gasteiger partial charge in [-0.2, -0.15) is 0 Å². The van der Waals surface area contributed by atoms with Gasteiger partial charge in [0, 0.05) is 18.1 Å². The van der Waals surface area contributed by atoms with Crippen LogP contribution in [0.2, 0.25) is 0 Å². The second-order valence-corrected chi connectivity index (χ2v) is 9.35. The Morgan fingerprint density at radius 3 is 2.77 bits per heavy atom. The quantitative estimate of drug-likeness (QED) is 0.394. The first-order chi connectivity index (χ1) is 16.9. The van der Waals surface area contributed by atoms with Gasteiger partial charge in [-0.15, -0.1) is 0 Å². The molecule has 1 fully saturated rings. The molecule has 3 aromatic rings. The number of benzene rings is 2. The van der Waals surface area contributed by atoms with Crippen LogP contribution in [0, 0.1) is 17.7 Å². The predicted octanol–water partition coefficient (Wildman–Crippen LogP) is 5.83. The van der Waals surface area contributed by atoms with E-state index < -0.39 is 18.1 Å². The summed E-state index contributed by atoms with van der Waals surface area (Å²) >= 11 is 0. The Labute approximate surface area is 204 Å². The maximum Gasteiger partial charge on any atom is 0.308 e. The van der Waals surface area contributed by atoms with E-state index in [9.17, 15) is 14.3 Å². The lowest BCUT2D eigenvalue weighted by atomic mass is 9.81. The van der Waals surface area contributed by atoms with Gasteiger partial charge in [0.2, 0.25) is 0 Å². The number of carboxylic acid groups (broad SMARTS) is 1. The fourth-order valence-corrected chi connectivity index (χ4v) is 5.12. The fraction of sp³-hybridized carbons (Fsp3) is 0.429. The van der Waals surface area contributed by atoms with Crippen LogP contribution in [0.1, 0.15) is 43.0 Å². The van der Waals surface area contributed by atoms with Gasteiger partial charge in [0.15, 0.2) is 0 Å². The highest BCUT2D eigenvalue weighted by molar-refractivity contribution is 5.83. The summed E-state index contributed by atoms with van der Waals surface area (Å²) in [7, 11) is 1.57. The summed E-state index contributed by atoms with van der Waals surface area (Å²) in [6.07, 6.45) is 3.66. The number of nitrogens with zero attached hydrogens (tertiary/aromatic N) is 2. The van der Waals surface area contributed by atoms with Gasteiger partial charge in [-0.3, -0.25) is 9.78 Å². The first-order valence-electron chi connectivity index (χ1n) is 12.2. The second kappa shape index (κ2) is 11.6. The zero-order valence-corrected chi connectivity index (χ0v) is 20.0. The number of pyridine rings is 1. The monoisotopic (exact) mass is 482 g/mol. The maximum atomic E-state index is 15.4. The van der Waals surface area contributed by atoms with Crippen molar-refractivity contribution in [2.24, 2.45) is 11.8 Å². The average Bonchev–Trinajstić information content (AvgIpc) is 2.88. The molecule has 1 aliphatic rings. The van der Waals surface area contributed by atoms with Crippen molar-refractivity contribution in [2.75, 3.05) is 26.7 Å². The van der Waals surface area contributed by atoms with E-state index in [0.29, 0.717) is 29.8 Å². The molecule has 0 amide bonds. The van der Waals surface area contributed by atoms with Crippen LogP contribution in [-0.2, 0) is 11.2 Å². The number of piperidine rings is 1. The third-order valence-corrected chi connectivity index (χ3v) is 7.12. The lowest BCUT2D eigenvalue weighted by molar-refractivity contribution is -0.146. The average molecular weight is 483 g/mol. The largest absolute Gasteiger partial charge is 0.497 e. The number of carbonyl (C=O) groups is 1. The molecular formula is C28H32F2N2O3. The first kappa shape index (κ1) is 25.0. The SMILES string of the molecule is COc1ccc2nccc([C@H](F)CC[C@@H]3CCN(CCCc4ccc(F)cc4)C[C@@H]3C(=O)O)c2c1. The molecule has 1 N–H and O–H groups in total. The van der Waals surface area contributed by atoms with Crippen molar-refractivity contribution in [2.45, 2.75) is 38.3 Å². The van der Waals surface area contributed by atoms with Crippen molar-refractivity contribution in [3.63, 3.8) is 0 Å². The summed E-state index contributed by atoms with van der Waals surface area (Å²) in [5, 5.41) is 10.6. The lowest BCUT2D eigenvalue weighted by Gasteiger charge is -2.37. The molecule has 0 spiro atoms. The Balaban J connectivity index is 1.32. The normalized spacial score (nSPS) is 19.5. The molecule has 5 nitrogen and oxygen atoms in total. The maximum absolute atomic E-state index is 15.4. The van der Waals surface area contributed by atoms with Crippen LogP contribution in [0.4, 0.5) is 8.78 Å². The van der Waals surface area contributed by atoms with Crippen LogP contribution in [-0.4, -0.2) is 47.7 Å². The second-order valence-electron chi connectivity index (χ2n) is 9.35. The number of alkyl halides is 1. The highest BCUT2D eigenvalue weighted by Crippen LogP contribution is 2.35. The molecule has 0 radical (unpaired) electrons. The van der Waals surface area contributed by atoms with Gasteiger partial charge in [0.1, 0.15) is 17.7 Å². The van der Waals surface area contributed by atoms with Crippen molar-refractivity contribution < 1.29 is 23.4 Å². The van der Waals surface area contributed by atoms with Crippen LogP contribution >= 0.6 is 0 Å². The molecule has 0 bridgehead atoms. The summed E-state index contributed by atoms with van der Waals surface area (Å²) < 4.78 is 33.7. The summed E-state index contributed by atoms with van der Waals surface area (Å²) in [4.78, 5) is 18.5. The highest BCUT2D eigenvalue weighted by Gasteiger charge is 2.34. The Bertz CT molecular complexity index is 1140. The van der Waals surface area contributed by atoms with Crippen LogP contribution in [0.3, 0.4) is 0 Å². The summed E-state index contributed by atoms with van der Waals surface area (Å²) in [6, 6.07) is 13.6. The minimum absolute atomic E-state index is 0.0539. The summed E-state index contributed by atoms with van der Waals surface area (Å²) in [5.41, 5.74) is 2.36. The smallest absolute Gasteiger partial charge is 0.308 e. The summed E-state index contributed by atoms with van der Waals surface area (Å²) in [6.45, 7) is 2.09.